The summed E-state index contributed by atoms with van der Waals surface area (Å²) in [6, 6.07) is 0.0372. The van der Waals surface area contributed by atoms with E-state index in [-0.39, 0.29) is 18.2 Å². The molecule has 3 aliphatic rings. The number of sulfonamides is 1. The minimum Gasteiger partial charge on any atom is -0.378 e. The van der Waals surface area contributed by atoms with Gasteiger partial charge in [-0.05, 0) is 58.2 Å². The van der Waals surface area contributed by atoms with Crippen LogP contribution in [0.4, 0.5) is 0 Å². The van der Waals surface area contributed by atoms with Crippen molar-refractivity contribution in [2.75, 3.05) is 46.2 Å². The number of nitrogens with zero attached hydrogens (tertiary/aromatic N) is 2. The van der Waals surface area contributed by atoms with Gasteiger partial charge in [0.05, 0.1) is 31.1 Å². The van der Waals surface area contributed by atoms with Gasteiger partial charge in [-0.25, -0.2) is 8.42 Å². The Labute approximate surface area is 140 Å². The van der Waals surface area contributed by atoms with Crippen molar-refractivity contribution < 1.29 is 17.9 Å². The van der Waals surface area contributed by atoms with Crippen molar-refractivity contribution >= 4 is 10.0 Å². The molecule has 0 aromatic rings. The number of hydrogen-bond acceptors (Lipinski definition) is 5. The van der Waals surface area contributed by atoms with E-state index in [2.05, 4.69) is 11.9 Å². The van der Waals surface area contributed by atoms with Crippen LogP contribution in [-0.4, -0.2) is 82.0 Å². The van der Waals surface area contributed by atoms with Gasteiger partial charge < -0.3 is 14.4 Å². The molecule has 3 atom stereocenters. The van der Waals surface area contributed by atoms with Crippen LogP contribution in [0.3, 0.4) is 0 Å². The number of ether oxygens (including phenoxy) is 2. The zero-order valence-electron chi connectivity index (χ0n) is 14.3. The van der Waals surface area contributed by atoms with E-state index in [0.29, 0.717) is 19.1 Å². The van der Waals surface area contributed by atoms with Crippen molar-refractivity contribution in [2.45, 2.75) is 50.4 Å². The topological polar surface area (TPSA) is 59.1 Å². The summed E-state index contributed by atoms with van der Waals surface area (Å²) in [6.45, 7) is 4.40. The maximum absolute atomic E-state index is 11.8. The molecular weight excluding hydrogens is 316 g/mol. The second-order valence-electron chi connectivity index (χ2n) is 7.39. The highest BCUT2D eigenvalue weighted by Crippen LogP contribution is 2.33. The van der Waals surface area contributed by atoms with E-state index >= 15 is 0 Å². The largest absolute Gasteiger partial charge is 0.378 e. The molecule has 0 aromatic heterocycles. The quantitative estimate of drug-likeness (QED) is 0.741. The normalized spacial score (nSPS) is 34.6. The molecule has 3 aliphatic heterocycles. The summed E-state index contributed by atoms with van der Waals surface area (Å²) in [5, 5.41) is 0. The van der Waals surface area contributed by atoms with E-state index in [9.17, 15) is 8.42 Å². The van der Waals surface area contributed by atoms with Crippen LogP contribution >= 0.6 is 0 Å². The minimum absolute atomic E-state index is 0.0372. The molecule has 3 fully saturated rings. The Kier molecular flexibility index (Phi) is 5.63. The lowest BCUT2D eigenvalue weighted by atomic mass is 9.98. The molecule has 0 saturated carbocycles. The molecule has 0 unspecified atom stereocenters. The van der Waals surface area contributed by atoms with Gasteiger partial charge in [0.2, 0.25) is 10.0 Å². The van der Waals surface area contributed by atoms with Crippen LogP contribution in [0.5, 0.6) is 0 Å². The Balaban J connectivity index is 1.39. The Bertz CT molecular complexity index is 490. The highest BCUT2D eigenvalue weighted by molar-refractivity contribution is 7.88. The van der Waals surface area contributed by atoms with Gasteiger partial charge in [0.25, 0.3) is 0 Å². The van der Waals surface area contributed by atoms with E-state index in [0.717, 1.165) is 25.9 Å². The third kappa shape index (κ3) is 4.45. The number of rotatable bonds is 5. The lowest BCUT2D eigenvalue weighted by Gasteiger charge is -2.35. The van der Waals surface area contributed by atoms with Gasteiger partial charge in [-0.3, -0.25) is 0 Å². The van der Waals surface area contributed by atoms with E-state index in [1.165, 1.54) is 32.2 Å². The molecule has 0 N–H and O–H groups in total. The Morgan fingerprint density at radius 2 is 1.78 bits per heavy atom. The Hall–Kier alpha value is -0.210. The second kappa shape index (κ2) is 7.35. The smallest absolute Gasteiger partial charge is 0.211 e. The van der Waals surface area contributed by atoms with E-state index in [1.807, 2.05) is 0 Å². The molecule has 0 bridgehead atoms. The first-order valence-electron chi connectivity index (χ1n) is 8.82. The first kappa shape index (κ1) is 17.6. The maximum atomic E-state index is 11.8. The van der Waals surface area contributed by atoms with Crippen molar-refractivity contribution in [2.24, 2.45) is 5.92 Å². The Morgan fingerprint density at radius 3 is 2.48 bits per heavy atom. The van der Waals surface area contributed by atoms with Gasteiger partial charge in [0.1, 0.15) is 0 Å². The fourth-order valence-corrected chi connectivity index (χ4v) is 5.26. The number of fused-ring (bicyclic) bond motifs is 1. The molecule has 3 heterocycles. The number of hydrogen-bond donors (Lipinski definition) is 0. The molecule has 3 rings (SSSR count). The fourth-order valence-electron chi connectivity index (χ4n) is 4.09. The summed E-state index contributed by atoms with van der Waals surface area (Å²) in [7, 11) is -0.937. The monoisotopic (exact) mass is 346 g/mol. The SMILES string of the molecule is CN1CCC(COC[C@@H]2CC[C@@H]3[C@@H](CCN3S(C)(=O)=O)O2)CC1. The van der Waals surface area contributed by atoms with Gasteiger partial charge >= 0.3 is 0 Å². The molecule has 0 amide bonds. The first-order chi connectivity index (χ1) is 10.9. The van der Waals surface area contributed by atoms with Crippen molar-refractivity contribution in [3.63, 3.8) is 0 Å². The predicted molar refractivity (Wildman–Crippen MR) is 88.9 cm³/mol. The standard InChI is InChI=1S/C16H30N2O4S/c1-17-8-5-13(6-9-17)11-21-12-14-3-4-15-16(22-14)7-10-18(15)23(2,19)20/h13-16H,3-12H2,1-2H3/t14-,15+,16+/m0/s1. The summed E-state index contributed by atoms with van der Waals surface area (Å²) in [6.07, 6.45) is 6.50. The zero-order chi connectivity index (χ0) is 16.4. The molecule has 7 heteroatoms. The zero-order valence-corrected chi connectivity index (χ0v) is 15.1. The van der Waals surface area contributed by atoms with Crippen molar-refractivity contribution in [3.05, 3.63) is 0 Å². The van der Waals surface area contributed by atoms with Gasteiger partial charge in [0.15, 0.2) is 0 Å². The first-order valence-corrected chi connectivity index (χ1v) is 10.7. The second-order valence-corrected chi connectivity index (χ2v) is 9.32. The molecule has 3 saturated heterocycles. The van der Waals surface area contributed by atoms with Crippen LogP contribution in [0.1, 0.15) is 32.1 Å². The van der Waals surface area contributed by atoms with Crippen LogP contribution in [0, 0.1) is 5.92 Å². The van der Waals surface area contributed by atoms with Crippen LogP contribution in [-0.2, 0) is 19.5 Å². The summed E-state index contributed by atoms with van der Waals surface area (Å²) in [5.74, 6) is 0.676. The molecule has 23 heavy (non-hydrogen) atoms. The average molecular weight is 346 g/mol. The summed E-state index contributed by atoms with van der Waals surface area (Å²) < 4.78 is 37.2. The summed E-state index contributed by atoms with van der Waals surface area (Å²) >= 11 is 0. The van der Waals surface area contributed by atoms with Crippen LogP contribution in [0.2, 0.25) is 0 Å². The molecule has 6 nitrogen and oxygen atoms in total. The van der Waals surface area contributed by atoms with Crippen molar-refractivity contribution in [1.29, 1.82) is 0 Å². The van der Waals surface area contributed by atoms with Gasteiger partial charge in [-0.15, -0.1) is 0 Å². The molecule has 0 aromatic carbocycles. The molecule has 0 aliphatic carbocycles. The lowest BCUT2D eigenvalue weighted by Crippen LogP contribution is -2.45. The fraction of sp³-hybridized carbons (Fsp3) is 1.00. The summed E-state index contributed by atoms with van der Waals surface area (Å²) in [5.41, 5.74) is 0. The van der Waals surface area contributed by atoms with Gasteiger partial charge in [-0.1, -0.05) is 0 Å². The third-order valence-corrected chi connectivity index (χ3v) is 6.81. The van der Waals surface area contributed by atoms with E-state index < -0.39 is 10.0 Å². The molecule has 0 spiro atoms. The van der Waals surface area contributed by atoms with Crippen molar-refractivity contribution in [3.8, 4) is 0 Å². The highest BCUT2D eigenvalue weighted by Gasteiger charge is 2.43. The lowest BCUT2D eigenvalue weighted by molar-refractivity contribution is -0.0980. The minimum atomic E-state index is -3.11. The predicted octanol–water partition coefficient (Wildman–Crippen LogP) is 0.926. The van der Waals surface area contributed by atoms with Gasteiger partial charge in [-0.2, -0.15) is 4.31 Å². The number of piperidine rings is 1. The molecular formula is C16H30N2O4S. The van der Waals surface area contributed by atoms with E-state index in [4.69, 9.17) is 9.47 Å². The van der Waals surface area contributed by atoms with Crippen LogP contribution in [0.25, 0.3) is 0 Å². The van der Waals surface area contributed by atoms with Crippen molar-refractivity contribution in [1.82, 2.24) is 9.21 Å². The highest BCUT2D eigenvalue weighted by atomic mass is 32.2. The molecule has 0 radical (unpaired) electrons. The molecule has 134 valence electrons. The number of likely N-dealkylation sites (tertiary alicyclic amines) is 1. The Morgan fingerprint density at radius 1 is 1.04 bits per heavy atom. The van der Waals surface area contributed by atoms with Gasteiger partial charge in [0, 0.05) is 13.2 Å². The van der Waals surface area contributed by atoms with Crippen LogP contribution in [0.15, 0.2) is 0 Å². The third-order valence-electron chi connectivity index (χ3n) is 5.51. The van der Waals surface area contributed by atoms with Crippen LogP contribution < -0.4 is 0 Å². The average Bonchev–Trinajstić information content (AvgIpc) is 2.92. The van der Waals surface area contributed by atoms with E-state index in [1.54, 1.807) is 4.31 Å². The summed E-state index contributed by atoms with van der Waals surface area (Å²) in [4.78, 5) is 2.37. The maximum Gasteiger partial charge on any atom is 0.211 e.